The molecule has 0 saturated carbocycles. The van der Waals surface area contributed by atoms with Gasteiger partial charge in [-0.2, -0.15) is 0 Å². The predicted molar refractivity (Wildman–Crippen MR) is 92.9 cm³/mol. The Bertz CT molecular complexity index is 617. The Labute approximate surface area is 143 Å². The van der Waals surface area contributed by atoms with E-state index in [-0.39, 0.29) is 17.8 Å². The van der Waals surface area contributed by atoms with Gasteiger partial charge in [-0.1, -0.05) is 0 Å². The first kappa shape index (κ1) is 15.9. The third-order valence-electron chi connectivity index (χ3n) is 5.96. The van der Waals surface area contributed by atoms with Gasteiger partial charge in [-0.3, -0.25) is 4.79 Å². The zero-order valence-corrected chi connectivity index (χ0v) is 14.3. The first-order valence-electron chi connectivity index (χ1n) is 9.19. The number of halogens is 1. The standard InChI is InChI=1S/C19H26FN3O/c1-22(16-11-14-5-6-15(12-16)21-14)19(24)13-4-7-18(17(20)10-13)23-8-2-3-9-23/h4,7,10,14-16,21H,2-3,5-6,8-9,11-12H2,1H3. The number of anilines is 1. The van der Waals surface area contributed by atoms with E-state index in [4.69, 9.17) is 0 Å². The minimum absolute atomic E-state index is 0.0619. The van der Waals surface area contributed by atoms with E-state index in [0.717, 1.165) is 38.8 Å². The second kappa shape index (κ2) is 6.36. The number of nitrogens with zero attached hydrogens (tertiary/aromatic N) is 2. The lowest BCUT2D eigenvalue weighted by molar-refractivity contribution is 0.0681. The molecule has 1 N–H and O–H groups in total. The minimum atomic E-state index is -0.276. The van der Waals surface area contributed by atoms with Gasteiger partial charge < -0.3 is 15.1 Å². The highest BCUT2D eigenvalue weighted by molar-refractivity contribution is 5.94. The van der Waals surface area contributed by atoms with E-state index in [0.29, 0.717) is 23.3 Å². The number of fused-ring (bicyclic) bond motifs is 2. The molecule has 1 aromatic carbocycles. The third kappa shape index (κ3) is 2.90. The molecule has 3 aliphatic heterocycles. The van der Waals surface area contributed by atoms with E-state index in [9.17, 15) is 9.18 Å². The van der Waals surface area contributed by atoms with Gasteiger partial charge in [0.15, 0.2) is 0 Å². The highest BCUT2D eigenvalue weighted by Gasteiger charge is 2.36. The van der Waals surface area contributed by atoms with Crippen LogP contribution >= 0.6 is 0 Å². The zero-order chi connectivity index (χ0) is 16.7. The van der Waals surface area contributed by atoms with Crippen LogP contribution in [-0.4, -0.2) is 49.1 Å². The van der Waals surface area contributed by atoms with Crippen molar-refractivity contribution in [2.45, 2.75) is 56.7 Å². The Hall–Kier alpha value is -1.62. The fourth-order valence-corrected chi connectivity index (χ4v) is 4.57. The summed E-state index contributed by atoms with van der Waals surface area (Å²) in [5.41, 5.74) is 1.09. The van der Waals surface area contributed by atoms with Crippen LogP contribution in [0.1, 0.15) is 48.9 Å². The van der Waals surface area contributed by atoms with Crippen molar-refractivity contribution < 1.29 is 9.18 Å². The van der Waals surface area contributed by atoms with Gasteiger partial charge >= 0.3 is 0 Å². The molecule has 3 saturated heterocycles. The van der Waals surface area contributed by atoms with Crippen LogP contribution in [0.5, 0.6) is 0 Å². The quantitative estimate of drug-likeness (QED) is 0.925. The summed E-state index contributed by atoms with van der Waals surface area (Å²) in [6.45, 7) is 1.81. The molecule has 2 unspecified atom stereocenters. The third-order valence-corrected chi connectivity index (χ3v) is 5.96. The lowest BCUT2D eigenvalue weighted by Crippen LogP contribution is -2.48. The summed E-state index contributed by atoms with van der Waals surface area (Å²) in [7, 11) is 1.87. The Morgan fingerprint density at radius 3 is 2.50 bits per heavy atom. The molecule has 3 aliphatic rings. The van der Waals surface area contributed by atoms with Crippen molar-refractivity contribution in [1.29, 1.82) is 0 Å². The average molecular weight is 331 g/mol. The predicted octanol–water partition coefficient (Wildman–Crippen LogP) is 2.78. The van der Waals surface area contributed by atoms with Crippen molar-refractivity contribution >= 4 is 11.6 Å². The second-order valence-corrected chi connectivity index (χ2v) is 7.54. The van der Waals surface area contributed by atoms with E-state index >= 15 is 0 Å². The molecule has 2 atom stereocenters. The lowest BCUT2D eigenvalue weighted by Gasteiger charge is -2.35. The molecule has 3 heterocycles. The maximum Gasteiger partial charge on any atom is 0.253 e. The van der Waals surface area contributed by atoms with Crippen molar-refractivity contribution in [2.24, 2.45) is 0 Å². The van der Waals surface area contributed by atoms with Gasteiger partial charge in [-0.15, -0.1) is 0 Å². The molecule has 2 bridgehead atoms. The highest BCUT2D eigenvalue weighted by atomic mass is 19.1. The molecule has 0 radical (unpaired) electrons. The van der Waals surface area contributed by atoms with Gasteiger partial charge in [-0.25, -0.2) is 4.39 Å². The van der Waals surface area contributed by atoms with Gasteiger partial charge in [0.05, 0.1) is 5.69 Å². The Morgan fingerprint density at radius 2 is 1.88 bits per heavy atom. The first-order valence-corrected chi connectivity index (χ1v) is 9.19. The molecule has 4 nitrogen and oxygen atoms in total. The summed E-state index contributed by atoms with van der Waals surface area (Å²) < 4.78 is 14.5. The fraction of sp³-hybridized carbons (Fsp3) is 0.632. The van der Waals surface area contributed by atoms with Crippen LogP contribution in [0.4, 0.5) is 10.1 Å². The molecule has 0 aliphatic carbocycles. The number of hydrogen-bond donors (Lipinski definition) is 1. The highest BCUT2D eigenvalue weighted by Crippen LogP contribution is 2.30. The number of nitrogens with one attached hydrogen (secondary N) is 1. The zero-order valence-electron chi connectivity index (χ0n) is 14.3. The topological polar surface area (TPSA) is 35.6 Å². The van der Waals surface area contributed by atoms with Crippen LogP contribution in [0.15, 0.2) is 18.2 Å². The van der Waals surface area contributed by atoms with Crippen LogP contribution in [0.2, 0.25) is 0 Å². The monoisotopic (exact) mass is 331 g/mol. The summed E-state index contributed by atoms with van der Waals surface area (Å²) in [4.78, 5) is 16.7. The summed E-state index contributed by atoms with van der Waals surface area (Å²) >= 11 is 0. The normalized spacial score (nSPS) is 29.1. The molecule has 130 valence electrons. The molecule has 24 heavy (non-hydrogen) atoms. The average Bonchev–Trinajstić information content (AvgIpc) is 3.23. The van der Waals surface area contributed by atoms with Crippen molar-refractivity contribution in [3.63, 3.8) is 0 Å². The number of hydrogen-bond acceptors (Lipinski definition) is 3. The largest absolute Gasteiger partial charge is 0.369 e. The van der Waals surface area contributed by atoms with Crippen LogP contribution in [0.25, 0.3) is 0 Å². The Kier molecular flexibility index (Phi) is 4.21. The number of carbonyl (C=O) groups is 1. The van der Waals surface area contributed by atoms with Gasteiger partial charge in [-0.05, 0) is 56.7 Å². The summed E-state index contributed by atoms with van der Waals surface area (Å²) in [6, 6.07) is 6.32. The number of rotatable bonds is 3. The SMILES string of the molecule is CN(C(=O)c1ccc(N2CCCC2)c(F)c1)C1CC2CCC(C1)N2. The molecule has 1 aromatic rings. The van der Waals surface area contributed by atoms with Gasteiger partial charge in [0.1, 0.15) is 5.82 Å². The second-order valence-electron chi connectivity index (χ2n) is 7.54. The fourth-order valence-electron chi connectivity index (χ4n) is 4.57. The van der Waals surface area contributed by atoms with Crippen LogP contribution in [0.3, 0.4) is 0 Å². The van der Waals surface area contributed by atoms with E-state index in [2.05, 4.69) is 10.2 Å². The maximum absolute atomic E-state index is 14.5. The number of carbonyl (C=O) groups excluding carboxylic acids is 1. The first-order chi connectivity index (χ1) is 11.6. The summed E-state index contributed by atoms with van der Waals surface area (Å²) in [6.07, 6.45) is 6.66. The van der Waals surface area contributed by atoms with Crippen LogP contribution in [0, 0.1) is 5.82 Å². The van der Waals surface area contributed by atoms with E-state index in [1.807, 2.05) is 11.9 Å². The van der Waals surface area contributed by atoms with Crippen molar-refractivity contribution in [2.75, 3.05) is 25.0 Å². The molecule has 0 aromatic heterocycles. The van der Waals surface area contributed by atoms with Crippen molar-refractivity contribution in [3.8, 4) is 0 Å². The van der Waals surface area contributed by atoms with Gasteiger partial charge in [0, 0.05) is 43.8 Å². The molecular formula is C19H26FN3O. The van der Waals surface area contributed by atoms with Crippen LogP contribution in [-0.2, 0) is 0 Å². The number of piperidine rings is 1. The maximum atomic E-state index is 14.5. The lowest BCUT2D eigenvalue weighted by atomic mass is 9.98. The van der Waals surface area contributed by atoms with Crippen molar-refractivity contribution in [3.05, 3.63) is 29.6 Å². The molecule has 4 rings (SSSR count). The van der Waals surface area contributed by atoms with E-state index in [1.54, 1.807) is 12.1 Å². The number of amides is 1. The van der Waals surface area contributed by atoms with E-state index < -0.39 is 0 Å². The van der Waals surface area contributed by atoms with Crippen molar-refractivity contribution in [1.82, 2.24) is 10.2 Å². The Morgan fingerprint density at radius 1 is 1.21 bits per heavy atom. The van der Waals surface area contributed by atoms with E-state index in [1.165, 1.54) is 18.9 Å². The van der Waals surface area contributed by atoms with Gasteiger partial charge in [0.2, 0.25) is 0 Å². The molecular weight excluding hydrogens is 305 g/mol. The minimum Gasteiger partial charge on any atom is -0.369 e. The summed E-state index contributed by atoms with van der Waals surface area (Å²) in [5, 5.41) is 3.60. The number of benzene rings is 1. The van der Waals surface area contributed by atoms with Gasteiger partial charge in [0.25, 0.3) is 5.91 Å². The molecule has 5 heteroatoms. The van der Waals surface area contributed by atoms with Crippen LogP contribution < -0.4 is 10.2 Å². The summed E-state index contributed by atoms with van der Waals surface area (Å²) in [5.74, 6) is -0.338. The molecule has 0 spiro atoms. The smallest absolute Gasteiger partial charge is 0.253 e. The molecule has 3 fully saturated rings. The Balaban J connectivity index is 1.48. The molecule has 1 amide bonds.